The van der Waals surface area contributed by atoms with Gasteiger partial charge in [0.05, 0.1) is 36.6 Å². The average Bonchev–Trinajstić information content (AvgIpc) is 2.71. The first-order valence-electron chi connectivity index (χ1n) is 4.31. The second-order valence-corrected chi connectivity index (χ2v) is 3.81. The maximum Gasteiger partial charge on any atom is 0.186 e. The molecule has 0 aliphatic heterocycles. The van der Waals surface area contributed by atoms with E-state index in [0.717, 1.165) is 0 Å². The van der Waals surface area contributed by atoms with Crippen molar-refractivity contribution in [1.29, 1.82) is 10.5 Å². The molecule has 0 N–H and O–H groups in total. The third-order valence-electron chi connectivity index (χ3n) is 1.75. The predicted molar refractivity (Wildman–Crippen MR) is 56.3 cm³/mol. The van der Waals surface area contributed by atoms with Gasteiger partial charge in [0.1, 0.15) is 0 Å². The molecule has 5 heteroatoms. The van der Waals surface area contributed by atoms with E-state index in [1.165, 1.54) is 16.2 Å². The van der Waals surface area contributed by atoms with E-state index in [2.05, 4.69) is 0 Å². The lowest BCUT2D eigenvalue weighted by Crippen LogP contribution is -2.30. The first-order chi connectivity index (χ1) is 7.27. The maximum atomic E-state index is 11.6. The molecule has 1 heterocycles. The van der Waals surface area contributed by atoms with E-state index in [4.69, 9.17) is 10.5 Å². The highest BCUT2D eigenvalue weighted by atomic mass is 32.1. The highest BCUT2D eigenvalue weighted by molar-refractivity contribution is 7.12. The van der Waals surface area contributed by atoms with Crippen LogP contribution in [0.3, 0.4) is 0 Å². The van der Waals surface area contributed by atoms with Crippen LogP contribution in [-0.4, -0.2) is 30.3 Å². The summed E-state index contributed by atoms with van der Waals surface area (Å²) >= 11 is 1.37. The third-order valence-corrected chi connectivity index (χ3v) is 2.66. The molecule has 0 fully saturated rings. The summed E-state index contributed by atoms with van der Waals surface area (Å²) in [6, 6.07) is 7.40. The van der Waals surface area contributed by atoms with Crippen LogP contribution in [0.2, 0.25) is 0 Å². The van der Waals surface area contributed by atoms with Crippen molar-refractivity contribution < 1.29 is 4.79 Å². The Morgan fingerprint density at radius 3 is 2.53 bits per heavy atom. The van der Waals surface area contributed by atoms with Crippen molar-refractivity contribution in [3.63, 3.8) is 0 Å². The Balaban J connectivity index is 2.56. The molecule has 1 aromatic rings. The SMILES string of the molecule is N#CCN(CC#N)CC(=O)c1cccs1. The van der Waals surface area contributed by atoms with Crippen LogP contribution in [0, 0.1) is 22.7 Å². The number of nitriles is 2. The van der Waals surface area contributed by atoms with Crippen LogP contribution < -0.4 is 0 Å². The molecule has 0 amide bonds. The van der Waals surface area contributed by atoms with Crippen LogP contribution in [0.1, 0.15) is 9.67 Å². The summed E-state index contributed by atoms with van der Waals surface area (Å²) in [5.74, 6) is -0.0458. The van der Waals surface area contributed by atoms with Gasteiger partial charge >= 0.3 is 0 Å². The fourth-order valence-corrected chi connectivity index (χ4v) is 1.74. The van der Waals surface area contributed by atoms with Crippen molar-refractivity contribution in [2.75, 3.05) is 19.6 Å². The average molecular weight is 219 g/mol. The van der Waals surface area contributed by atoms with Gasteiger partial charge in [-0.1, -0.05) is 6.07 Å². The van der Waals surface area contributed by atoms with E-state index in [9.17, 15) is 4.79 Å². The second kappa shape index (κ2) is 5.92. The first-order valence-corrected chi connectivity index (χ1v) is 5.19. The normalized spacial score (nSPS) is 9.53. The number of rotatable bonds is 5. The predicted octanol–water partition coefficient (Wildman–Crippen LogP) is 1.28. The Hall–Kier alpha value is -1.69. The van der Waals surface area contributed by atoms with E-state index in [0.29, 0.717) is 4.88 Å². The number of thiophene rings is 1. The van der Waals surface area contributed by atoms with Gasteiger partial charge < -0.3 is 0 Å². The molecule has 0 atom stereocenters. The van der Waals surface area contributed by atoms with Crippen LogP contribution >= 0.6 is 11.3 Å². The van der Waals surface area contributed by atoms with Crippen LogP contribution in [0.5, 0.6) is 0 Å². The summed E-state index contributed by atoms with van der Waals surface area (Å²) in [5, 5.41) is 18.8. The molecule has 0 unspecified atom stereocenters. The highest BCUT2D eigenvalue weighted by Crippen LogP contribution is 2.09. The lowest BCUT2D eigenvalue weighted by atomic mass is 10.3. The van der Waals surface area contributed by atoms with Gasteiger partial charge in [-0.05, 0) is 11.4 Å². The third kappa shape index (κ3) is 3.51. The minimum Gasteiger partial charge on any atom is -0.292 e. The van der Waals surface area contributed by atoms with Crippen LogP contribution in [-0.2, 0) is 0 Å². The molecule has 76 valence electrons. The molecule has 15 heavy (non-hydrogen) atoms. The van der Waals surface area contributed by atoms with Crippen molar-refractivity contribution in [2.24, 2.45) is 0 Å². The number of carbonyl (C=O) groups excluding carboxylic acids is 1. The Kier molecular flexibility index (Phi) is 4.49. The molecule has 0 bridgehead atoms. The van der Waals surface area contributed by atoms with Gasteiger partial charge in [0.2, 0.25) is 0 Å². The van der Waals surface area contributed by atoms with Gasteiger partial charge in [-0.2, -0.15) is 10.5 Å². The topological polar surface area (TPSA) is 67.9 Å². The maximum absolute atomic E-state index is 11.6. The molecule has 0 aliphatic carbocycles. The summed E-state index contributed by atoms with van der Waals surface area (Å²) in [5.41, 5.74) is 0. The van der Waals surface area contributed by atoms with E-state index >= 15 is 0 Å². The molecular weight excluding hydrogens is 210 g/mol. The summed E-state index contributed by atoms with van der Waals surface area (Å²) in [7, 11) is 0. The van der Waals surface area contributed by atoms with Crippen molar-refractivity contribution in [1.82, 2.24) is 4.90 Å². The standard InChI is InChI=1S/C10H9N3OS/c11-3-5-13(6-4-12)8-9(14)10-2-1-7-15-10/h1-2,7H,5-6,8H2. The second-order valence-electron chi connectivity index (χ2n) is 2.86. The van der Waals surface area contributed by atoms with E-state index in [1.54, 1.807) is 12.1 Å². The van der Waals surface area contributed by atoms with Gasteiger partial charge in [-0.15, -0.1) is 11.3 Å². The van der Waals surface area contributed by atoms with Crippen molar-refractivity contribution in [2.45, 2.75) is 0 Å². The Labute approximate surface area is 92.0 Å². The molecule has 0 saturated heterocycles. The lowest BCUT2D eigenvalue weighted by molar-refractivity contribution is 0.0950. The number of ketones is 1. The summed E-state index contributed by atoms with van der Waals surface area (Å²) in [6.45, 7) is 0.330. The molecule has 0 radical (unpaired) electrons. The van der Waals surface area contributed by atoms with Crippen molar-refractivity contribution in [3.8, 4) is 12.1 Å². The van der Waals surface area contributed by atoms with Crippen LogP contribution in [0.15, 0.2) is 17.5 Å². The zero-order valence-electron chi connectivity index (χ0n) is 8.01. The quantitative estimate of drug-likeness (QED) is 0.552. The van der Waals surface area contributed by atoms with Gasteiger partial charge in [0, 0.05) is 0 Å². The number of hydrogen-bond acceptors (Lipinski definition) is 5. The minimum atomic E-state index is -0.0458. The smallest absolute Gasteiger partial charge is 0.186 e. The number of carbonyl (C=O) groups is 1. The number of Topliss-reactive ketones (excluding diaryl/α,β-unsaturated/α-hetero) is 1. The van der Waals surface area contributed by atoms with Gasteiger partial charge in [-0.25, -0.2) is 0 Å². The van der Waals surface area contributed by atoms with E-state index in [1.807, 2.05) is 17.5 Å². The molecular formula is C10H9N3OS. The molecule has 0 spiro atoms. The van der Waals surface area contributed by atoms with Crippen LogP contribution in [0.4, 0.5) is 0 Å². The van der Waals surface area contributed by atoms with Crippen molar-refractivity contribution >= 4 is 17.1 Å². The number of nitrogens with zero attached hydrogens (tertiary/aromatic N) is 3. The Bertz CT molecular complexity index is 383. The van der Waals surface area contributed by atoms with Gasteiger partial charge in [0.25, 0.3) is 0 Å². The highest BCUT2D eigenvalue weighted by Gasteiger charge is 2.12. The Morgan fingerprint density at radius 1 is 1.40 bits per heavy atom. The molecule has 1 rings (SSSR count). The van der Waals surface area contributed by atoms with Crippen LogP contribution in [0.25, 0.3) is 0 Å². The summed E-state index contributed by atoms with van der Waals surface area (Å²) < 4.78 is 0. The minimum absolute atomic E-state index is 0.0458. The first kappa shape index (κ1) is 11.4. The molecule has 0 aromatic carbocycles. The zero-order chi connectivity index (χ0) is 11.1. The molecule has 1 aromatic heterocycles. The summed E-state index contributed by atoms with van der Waals surface area (Å²) in [6.07, 6.45) is 0. The molecule has 0 saturated carbocycles. The summed E-state index contributed by atoms with van der Waals surface area (Å²) in [4.78, 5) is 13.8. The molecule has 4 nitrogen and oxygen atoms in total. The van der Waals surface area contributed by atoms with E-state index < -0.39 is 0 Å². The Morgan fingerprint density at radius 2 is 2.07 bits per heavy atom. The monoisotopic (exact) mass is 219 g/mol. The van der Waals surface area contributed by atoms with E-state index in [-0.39, 0.29) is 25.4 Å². The number of hydrogen-bond donors (Lipinski definition) is 0. The largest absolute Gasteiger partial charge is 0.292 e. The lowest BCUT2D eigenvalue weighted by Gasteiger charge is -2.12. The van der Waals surface area contributed by atoms with Gasteiger partial charge in [-0.3, -0.25) is 9.69 Å². The zero-order valence-corrected chi connectivity index (χ0v) is 8.83. The fraction of sp³-hybridized carbons (Fsp3) is 0.300. The van der Waals surface area contributed by atoms with Crippen molar-refractivity contribution in [3.05, 3.63) is 22.4 Å². The van der Waals surface area contributed by atoms with Gasteiger partial charge in [0.15, 0.2) is 5.78 Å². The molecule has 0 aliphatic rings. The fourth-order valence-electron chi connectivity index (χ4n) is 1.09.